The molecule has 1 atom stereocenters. The maximum absolute atomic E-state index is 5.98. The molecule has 0 aliphatic rings. The second kappa shape index (κ2) is 8.95. The van der Waals surface area contributed by atoms with Crippen molar-refractivity contribution in [2.45, 2.75) is 32.9 Å². The third-order valence-electron chi connectivity index (χ3n) is 3.27. The number of methoxy groups -OCH3 is 1. The first-order chi connectivity index (χ1) is 9.62. The van der Waals surface area contributed by atoms with Crippen LogP contribution in [0.2, 0.25) is 0 Å². The van der Waals surface area contributed by atoms with Gasteiger partial charge in [0.2, 0.25) is 0 Å². The molecule has 0 spiro atoms. The topological polar surface area (TPSA) is 47.7 Å². The van der Waals surface area contributed by atoms with Crippen molar-refractivity contribution in [3.8, 4) is 5.75 Å². The SMILES string of the molecule is CCN(CCOC)C(CN)c1cccc(OC(C)C)c1. The van der Waals surface area contributed by atoms with E-state index in [1.165, 1.54) is 5.56 Å². The van der Waals surface area contributed by atoms with Crippen LogP contribution in [0.4, 0.5) is 0 Å². The zero-order valence-electron chi connectivity index (χ0n) is 13.1. The van der Waals surface area contributed by atoms with E-state index in [1.807, 2.05) is 26.0 Å². The first kappa shape index (κ1) is 17.0. The number of nitrogens with zero attached hydrogens (tertiary/aromatic N) is 1. The first-order valence-electron chi connectivity index (χ1n) is 7.32. The van der Waals surface area contributed by atoms with Crippen LogP contribution in [-0.2, 0) is 4.74 Å². The van der Waals surface area contributed by atoms with E-state index < -0.39 is 0 Å². The molecule has 0 heterocycles. The fourth-order valence-electron chi connectivity index (χ4n) is 2.31. The molecule has 114 valence electrons. The summed E-state index contributed by atoms with van der Waals surface area (Å²) < 4.78 is 10.9. The number of likely N-dealkylation sites (N-methyl/N-ethyl adjacent to an activating group) is 1. The second-order valence-corrected chi connectivity index (χ2v) is 5.11. The highest BCUT2D eigenvalue weighted by Gasteiger charge is 2.18. The molecular weight excluding hydrogens is 252 g/mol. The highest BCUT2D eigenvalue weighted by atomic mass is 16.5. The molecule has 0 saturated heterocycles. The van der Waals surface area contributed by atoms with Gasteiger partial charge in [0, 0.05) is 26.2 Å². The van der Waals surface area contributed by atoms with Gasteiger partial charge in [0.25, 0.3) is 0 Å². The van der Waals surface area contributed by atoms with Crippen molar-refractivity contribution in [1.82, 2.24) is 4.90 Å². The normalized spacial score (nSPS) is 12.9. The Morgan fingerprint density at radius 1 is 1.30 bits per heavy atom. The van der Waals surface area contributed by atoms with Gasteiger partial charge >= 0.3 is 0 Å². The summed E-state index contributed by atoms with van der Waals surface area (Å²) in [7, 11) is 1.72. The lowest BCUT2D eigenvalue weighted by molar-refractivity contribution is 0.125. The molecule has 0 saturated carbocycles. The maximum atomic E-state index is 5.98. The molecular formula is C16H28N2O2. The Balaban J connectivity index is 2.86. The Morgan fingerprint density at radius 2 is 2.05 bits per heavy atom. The van der Waals surface area contributed by atoms with E-state index >= 15 is 0 Å². The van der Waals surface area contributed by atoms with Gasteiger partial charge in [-0.1, -0.05) is 19.1 Å². The average Bonchev–Trinajstić information content (AvgIpc) is 2.43. The smallest absolute Gasteiger partial charge is 0.120 e. The van der Waals surface area contributed by atoms with Crippen LogP contribution >= 0.6 is 0 Å². The Morgan fingerprint density at radius 3 is 2.60 bits per heavy atom. The van der Waals surface area contributed by atoms with Gasteiger partial charge < -0.3 is 15.2 Å². The van der Waals surface area contributed by atoms with Crippen LogP contribution in [0.5, 0.6) is 5.75 Å². The number of hydrogen-bond donors (Lipinski definition) is 1. The van der Waals surface area contributed by atoms with Crippen molar-refractivity contribution in [3.63, 3.8) is 0 Å². The summed E-state index contributed by atoms with van der Waals surface area (Å²) in [5, 5.41) is 0. The van der Waals surface area contributed by atoms with E-state index in [0.29, 0.717) is 13.2 Å². The van der Waals surface area contributed by atoms with Crippen molar-refractivity contribution in [1.29, 1.82) is 0 Å². The third kappa shape index (κ3) is 5.12. The minimum atomic E-state index is 0.178. The molecule has 1 rings (SSSR count). The number of rotatable bonds is 9. The first-order valence-corrected chi connectivity index (χ1v) is 7.32. The molecule has 1 unspecified atom stereocenters. The molecule has 0 aliphatic heterocycles. The van der Waals surface area contributed by atoms with E-state index in [1.54, 1.807) is 7.11 Å². The Labute approximate surface area is 122 Å². The van der Waals surface area contributed by atoms with Crippen LogP contribution in [0.1, 0.15) is 32.4 Å². The van der Waals surface area contributed by atoms with Gasteiger partial charge in [0.15, 0.2) is 0 Å². The highest BCUT2D eigenvalue weighted by Crippen LogP contribution is 2.24. The van der Waals surface area contributed by atoms with Crippen LogP contribution in [-0.4, -0.2) is 44.4 Å². The van der Waals surface area contributed by atoms with Gasteiger partial charge in [-0.3, -0.25) is 4.90 Å². The lowest BCUT2D eigenvalue weighted by Crippen LogP contribution is -2.36. The van der Waals surface area contributed by atoms with Crippen molar-refractivity contribution in [3.05, 3.63) is 29.8 Å². The molecule has 0 radical (unpaired) electrons. The summed E-state index contributed by atoms with van der Waals surface area (Å²) in [5.41, 5.74) is 7.18. The molecule has 1 aromatic rings. The molecule has 4 nitrogen and oxygen atoms in total. The zero-order chi connectivity index (χ0) is 15.0. The summed E-state index contributed by atoms with van der Waals surface area (Å²) in [4.78, 5) is 2.33. The van der Waals surface area contributed by atoms with Gasteiger partial charge in [0.1, 0.15) is 5.75 Å². The largest absolute Gasteiger partial charge is 0.491 e. The molecule has 20 heavy (non-hydrogen) atoms. The van der Waals surface area contributed by atoms with E-state index in [2.05, 4.69) is 24.0 Å². The van der Waals surface area contributed by atoms with Crippen LogP contribution in [0.15, 0.2) is 24.3 Å². The van der Waals surface area contributed by atoms with E-state index in [9.17, 15) is 0 Å². The Hall–Kier alpha value is -1.10. The predicted octanol–water partition coefficient (Wildman–Crippen LogP) is 2.44. The quantitative estimate of drug-likeness (QED) is 0.755. The summed E-state index contributed by atoms with van der Waals surface area (Å²) in [5.74, 6) is 0.902. The van der Waals surface area contributed by atoms with E-state index in [0.717, 1.165) is 18.8 Å². The fraction of sp³-hybridized carbons (Fsp3) is 0.625. The van der Waals surface area contributed by atoms with Crippen LogP contribution in [0.25, 0.3) is 0 Å². The van der Waals surface area contributed by atoms with Gasteiger partial charge in [-0.25, -0.2) is 0 Å². The van der Waals surface area contributed by atoms with Crippen molar-refractivity contribution >= 4 is 0 Å². The predicted molar refractivity (Wildman–Crippen MR) is 83.1 cm³/mol. The van der Waals surface area contributed by atoms with Gasteiger partial charge in [0.05, 0.1) is 12.7 Å². The molecule has 0 amide bonds. The number of nitrogens with two attached hydrogens (primary N) is 1. The number of ether oxygens (including phenoxy) is 2. The monoisotopic (exact) mass is 280 g/mol. The van der Waals surface area contributed by atoms with Crippen LogP contribution in [0.3, 0.4) is 0 Å². The molecule has 0 bridgehead atoms. The van der Waals surface area contributed by atoms with Crippen molar-refractivity contribution in [2.75, 3.05) is 33.4 Å². The van der Waals surface area contributed by atoms with Crippen LogP contribution in [0, 0.1) is 0 Å². The lowest BCUT2D eigenvalue weighted by atomic mass is 10.0. The van der Waals surface area contributed by atoms with E-state index in [-0.39, 0.29) is 12.1 Å². The maximum Gasteiger partial charge on any atom is 0.120 e. The summed E-state index contributed by atoms with van der Waals surface area (Å²) in [6.07, 6.45) is 0.178. The molecule has 0 fully saturated rings. The summed E-state index contributed by atoms with van der Waals surface area (Å²) in [6.45, 7) is 9.33. The third-order valence-corrected chi connectivity index (χ3v) is 3.27. The minimum Gasteiger partial charge on any atom is -0.491 e. The van der Waals surface area contributed by atoms with Crippen molar-refractivity contribution in [2.24, 2.45) is 5.73 Å². The standard InChI is InChI=1S/C16H28N2O2/c1-5-18(9-10-19-4)16(12-17)14-7-6-8-15(11-14)20-13(2)3/h6-8,11,13,16H,5,9-10,12,17H2,1-4H3. The van der Waals surface area contributed by atoms with Crippen LogP contribution < -0.4 is 10.5 Å². The lowest BCUT2D eigenvalue weighted by Gasteiger charge is -2.30. The summed E-state index contributed by atoms with van der Waals surface area (Å²) >= 11 is 0. The molecule has 0 aromatic heterocycles. The minimum absolute atomic E-state index is 0.178. The van der Waals surface area contributed by atoms with Gasteiger partial charge in [-0.15, -0.1) is 0 Å². The highest BCUT2D eigenvalue weighted by molar-refractivity contribution is 5.31. The second-order valence-electron chi connectivity index (χ2n) is 5.11. The fourth-order valence-corrected chi connectivity index (χ4v) is 2.31. The molecule has 4 heteroatoms. The molecule has 2 N–H and O–H groups in total. The molecule has 0 aliphatic carbocycles. The Kier molecular flexibility index (Phi) is 7.59. The van der Waals surface area contributed by atoms with E-state index in [4.69, 9.17) is 15.2 Å². The van der Waals surface area contributed by atoms with Gasteiger partial charge in [-0.05, 0) is 38.1 Å². The van der Waals surface area contributed by atoms with Crippen molar-refractivity contribution < 1.29 is 9.47 Å². The average molecular weight is 280 g/mol. The zero-order valence-corrected chi connectivity index (χ0v) is 13.1. The Bertz CT molecular complexity index is 382. The number of benzene rings is 1. The number of hydrogen-bond acceptors (Lipinski definition) is 4. The molecule has 1 aromatic carbocycles. The summed E-state index contributed by atoms with van der Waals surface area (Å²) in [6, 6.07) is 8.42. The van der Waals surface area contributed by atoms with Gasteiger partial charge in [-0.2, -0.15) is 0 Å².